The molecule has 0 aliphatic carbocycles. The Balaban J connectivity index is 1.35. The summed E-state index contributed by atoms with van der Waals surface area (Å²) in [6.07, 6.45) is 0.520. The molecule has 0 atom stereocenters. The number of carbonyl (C=O) groups excluding carboxylic acids is 1. The van der Waals surface area contributed by atoms with Crippen LogP contribution in [0.5, 0.6) is 0 Å². The summed E-state index contributed by atoms with van der Waals surface area (Å²) in [5, 5.41) is 17.9. The Morgan fingerprint density at radius 1 is 0.943 bits per heavy atom. The van der Waals surface area contributed by atoms with Crippen molar-refractivity contribution in [3.63, 3.8) is 0 Å². The van der Waals surface area contributed by atoms with Crippen LogP contribution in [0.25, 0.3) is 22.8 Å². The van der Waals surface area contributed by atoms with Gasteiger partial charge >= 0.3 is 0 Å². The van der Waals surface area contributed by atoms with Crippen LogP contribution in [0.1, 0.15) is 21.9 Å². The number of rotatable bonds is 7. The summed E-state index contributed by atoms with van der Waals surface area (Å²) in [4.78, 5) is 27.9. The van der Waals surface area contributed by atoms with Gasteiger partial charge in [-0.3, -0.25) is 14.9 Å². The van der Waals surface area contributed by atoms with Crippen LogP contribution in [0, 0.1) is 10.1 Å². The highest BCUT2D eigenvalue weighted by Gasteiger charge is 2.18. The van der Waals surface area contributed by atoms with Crippen LogP contribution in [0.15, 0.2) is 99.9 Å². The van der Waals surface area contributed by atoms with Crippen LogP contribution in [0.3, 0.4) is 0 Å². The number of furan rings is 1. The molecule has 0 aliphatic heterocycles. The molecule has 0 radical (unpaired) electrons. The van der Waals surface area contributed by atoms with Crippen molar-refractivity contribution in [2.45, 2.75) is 6.42 Å². The molecule has 172 valence electrons. The first-order valence-corrected chi connectivity index (χ1v) is 10.7. The first-order valence-electron chi connectivity index (χ1n) is 10.7. The van der Waals surface area contributed by atoms with E-state index in [9.17, 15) is 14.9 Å². The number of nitrogens with zero attached hydrogens (tertiary/aromatic N) is 3. The first kappa shape index (κ1) is 21.8. The molecule has 0 saturated carbocycles. The third kappa shape index (κ3) is 4.83. The van der Waals surface area contributed by atoms with Crippen molar-refractivity contribution in [2.75, 3.05) is 5.32 Å². The fourth-order valence-corrected chi connectivity index (χ4v) is 3.56. The van der Waals surface area contributed by atoms with Crippen LogP contribution < -0.4 is 5.32 Å². The highest BCUT2D eigenvalue weighted by atomic mass is 16.6. The number of non-ortho nitro benzene ring substituents is 1. The van der Waals surface area contributed by atoms with Crippen molar-refractivity contribution >= 4 is 17.3 Å². The van der Waals surface area contributed by atoms with E-state index < -0.39 is 10.8 Å². The Morgan fingerprint density at radius 2 is 1.74 bits per heavy atom. The largest absolute Gasteiger partial charge is 0.451 e. The number of nitro groups is 1. The minimum Gasteiger partial charge on any atom is -0.451 e. The van der Waals surface area contributed by atoms with Crippen molar-refractivity contribution in [3.05, 3.63) is 118 Å². The number of aromatic nitrogens is 2. The number of carbonyl (C=O) groups is 1. The molecule has 1 N–H and O–H groups in total. The summed E-state index contributed by atoms with van der Waals surface area (Å²) < 4.78 is 11.1. The van der Waals surface area contributed by atoms with E-state index in [1.54, 1.807) is 42.5 Å². The monoisotopic (exact) mass is 466 g/mol. The average Bonchev–Trinajstić information content (AvgIpc) is 3.55. The second-order valence-corrected chi connectivity index (χ2v) is 7.65. The van der Waals surface area contributed by atoms with Gasteiger partial charge in [0.2, 0.25) is 0 Å². The molecule has 9 nitrogen and oxygen atoms in total. The molecule has 0 bridgehead atoms. The van der Waals surface area contributed by atoms with Crippen LogP contribution in [0.2, 0.25) is 0 Å². The SMILES string of the molecule is O=C(Nc1ccccc1-c1nc(Cc2ccccc2)no1)c1ccc(-c2cccc([N+](=O)[O-])c2)o1. The van der Waals surface area contributed by atoms with Crippen LogP contribution in [0.4, 0.5) is 11.4 Å². The molecule has 9 heteroatoms. The van der Waals surface area contributed by atoms with Gasteiger partial charge in [0.1, 0.15) is 5.76 Å². The zero-order chi connectivity index (χ0) is 24.2. The molecule has 0 fully saturated rings. The van der Waals surface area contributed by atoms with E-state index in [2.05, 4.69) is 15.5 Å². The zero-order valence-corrected chi connectivity index (χ0v) is 18.3. The van der Waals surface area contributed by atoms with Crippen molar-refractivity contribution in [3.8, 4) is 22.8 Å². The highest BCUT2D eigenvalue weighted by molar-refractivity contribution is 6.04. The standard InChI is InChI=1S/C26H18N4O5/c31-25(23-14-13-22(34-23)18-9-6-10-19(16-18)30(32)33)27-21-12-5-4-11-20(21)26-28-24(29-35-26)15-17-7-2-1-3-8-17/h1-14,16H,15H2,(H,27,31). The zero-order valence-electron chi connectivity index (χ0n) is 18.3. The maximum atomic E-state index is 12.9. The van der Waals surface area contributed by atoms with Gasteiger partial charge in [0, 0.05) is 24.1 Å². The fraction of sp³-hybridized carbons (Fsp3) is 0.0385. The lowest BCUT2D eigenvalue weighted by molar-refractivity contribution is -0.384. The van der Waals surface area contributed by atoms with Gasteiger partial charge in [0.25, 0.3) is 17.5 Å². The maximum Gasteiger partial charge on any atom is 0.291 e. The lowest BCUT2D eigenvalue weighted by Gasteiger charge is -2.07. The normalized spacial score (nSPS) is 10.7. The lowest BCUT2D eigenvalue weighted by atomic mass is 10.1. The molecule has 0 saturated heterocycles. The van der Waals surface area contributed by atoms with Gasteiger partial charge in [-0.25, -0.2) is 0 Å². The number of hydrogen-bond donors (Lipinski definition) is 1. The van der Waals surface area contributed by atoms with E-state index >= 15 is 0 Å². The Kier molecular flexibility index (Phi) is 5.87. The number of nitrogens with one attached hydrogen (secondary N) is 1. The van der Waals surface area contributed by atoms with Crippen LogP contribution in [-0.4, -0.2) is 21.0 Å². The van der Waals surface area contributed by atoms with E-state index in [-0.39, 0.29) is 17.3 Å². The molecule has 5 aromatic rings. The third-order valence-electron chi connectivity index (χ3n) is 5.25. The van der Waals surface area contributed by atoms with Gasteiger partial charge in [-0.05, 0) is 29.8 Å². The molecular weight excluding hydrogens is 448 g/mol. The predicted octanol–water partition coefficient (Wildman–Crippen LogP) is 5.75. The smallest absolute Gasteiger partial charge is 0.291 e. The van der Waals surface area contributed by atoms with E-state index in [0.29, 0.717) is 34.8 Å². The van der Waals surface area contributed by atoms with E-state index in [4.69, 9.17) is 8.94 Å². The van der Waals surface area contributed by atoms with Crippen molar-refractivity contribution in [2.24, 2.45) is 0 Å². The molecular formula is C26H18N4O5. The first-order chi connectivity index (χ1) is 17.1. The van der Waals surface area contributed by atoms with Crippen molar-refractivity contribution in [1.29, 1.82) is 0 Å². The summed E-state index contributed by atoms with van der Waals surface area (Å²) in [6, 6.07) is 26.0. The molecule has 35 heavy (non-hydrogen) atoms. The summed E-state index contributed by atoms with van der Waals surface area (Å²) >= 11 is 0. The number of anilines is 1. The highest BCUT2D eigenvalue weighted by Crippen LogP contribution is 2.29. The number of benzene rings is 3. The summed E-state index contributed by atoms with van der Waals surface area (Å²) in [5.41, 5.74) is 2.53. The summed E-state index contributed by atoms with van der Waals surface area (Å²) in [7, 11) is 0. The van der Waals surface area contributed by atoms with Gasteiger partial charge in [-0.15, -0.1) is 0 Å². The van der Waals surface area contributed by atoms with Gasteiger partial charge in [0.15, 0.2) is 11.6 Å². The van der Waals surface area contributed by atoms with Crippen molar-refractivity contribution in [1.82, 2.24) is 10.1 Å². The van der Waals surface area contributed by atoms with E-state index in [1.807, 2.05) is 30.3 Å². The number of para-hydroxylation sites is 1. The van der Waals surface area contributed by atoms with Gasteiger partial charge in [-0.1, -0.05) is 59.8 Å². The Bertz CT molecular complexity index is 1510. The van der Waals surface area contributed by atoms with Crippen molar-refractivity contribution < 1.29 is 18.7 Å². The van der Waals surface area contributed by atoms with E-state index in [0.717, 1.165) is 5.56 Å². The molecule has 0 unspecified atom stereocenters. The predicted molar refractivity (Wildman–Crippen MR) is 128 cm³/mol. The molecule has 2 aromatic heterocycles. The van der Waals surface area contributed by atoms with E-state index in [1.165, 1.54) is 18.2 Å². The Hall–Kier alpha value is -5.05. The molecule has 0 spiro atoms. The molecule has 1 amide bonds. The van der Waals surface area contributed by atoms with Gasteiger partial charge in [-0.2, -0.15) is 4.98 Å². The maximum absolute atomic E-state index is 12.9. The molecule has 3 aromatic carbocycles. The topological polar surface area (TPSA) is 124 Å². The second kappa shape index (κ2) is 9.44. The molecule has 2 heterocycles. The summed E-state index contributed by atoms with van der Waals surface area (Å²) in [5.74, 6) is 0.716. The second-order valence-electron chi connectivity index (χ2n) is 7.65. The van der Waals surface area contributed by atoms with Gasteiger partial charge in [0.05, 0.1) is 16.2 Å². The number of amides is 1. The van der Waals surface area contributed by atoms with Gasteiger partial charge < -0.3 is 14.3 Å². The third-order valence-corrected chi connectivity index (χ3v) is 5.25. The minimum atomic E-state index is -0.488. The quantitative estimate of drug-likeness (QED) is 0.239. The number of hydrogen-bond acceptors (Lipinski definition) is 7. The number of nitro benzene ring substituents is 1. The van der Waals surface area contributed by atoms with Crippen LogP contribution in [-0.2, 0) is 6.42 Å². The fourth-order valence-electron chi connectivity index (χ4n) is 3.56. The average molecular weight is 466 g/mol. The Morgan fingerprint density at radius 3 is 2.57 bits per heavy atom. The molecule has 0 aliphatic rings. The molecule has 5 rings (SSSR count). The summed E-state index contributed by atoms with van der Waals surface area (Å²) in [6.45, 7) is 0. The van der Waals surface area contributed by atoms with Crippen LogP contribution >= 0.6 is 0 Å². The lowest BCUT2D eigenvalue weighted by Crippen LogP contribution is -2.11. The Labute approximate surface area is 199 Å². The minimum absolute atomic E-state index is 0.0524.